The van der Waals surface area contributed by atoms with Gasteiger partial charge in [-0.3, -0.25) is 0 Å². The molecule has 5 nitrogen and oxygen atoms in total. The van der Waals surface area contributed by atoms with Crippen molar-refractivity contribution in [3.05, 3.63) is 46.5 Å². The third-order valence-electron chi connectivity index (χ3n) is 2.81. The van der Waals surface area contributed by atoms with Crippen LogP contribution in [0, 0.1) is 0 Å². The van der Waals surface area contributed by atoms with Crippen molar-refractivity contribution in [1.29, 1.82) is 0 Å². The summed E-state index contributed by atoms with van der Waals surface area (Å²) in [5.74, 6) is 1.58. The third-order valence-corrected chi connectivity index (χ3v) is 3.54. The lowest BCUT2D eigenvalue weighted by atomic mass is 10.2. The molecule has 0 spiro atoms. The van der Waals surface area contributed by atoms with Crippen molar-refractivity contribution in [3.8, 4) is 11.5 Å². The molecule has 3 rings (SSSR count). The first-order valence-electron chi connectivity index (χ1n) is 5.86. The minimum Gasteiger partial charge on any atom is -0.454 e. The predicted molar refractivity (Wildman–Crippen MR) is 72.8 cm³/mol. The highest BCUT2D eigenvalue weighted by Crippen LogP contribution is 2.36. The normalized spacial score (nSPS) is 12.7. The Morgan fingerprint density at radius 2 is 2.05 bits per heavy atom. The Balaban J connectivity index is 1.64. The topological polar surface area (TPSA) is 56.3 Å². The van der Waals surface area contributed by atoms with E-state index in [1.54, 1.807) is 12.5 Å². The molecular weight excluding hydrogens is 310 g/mol. The molecule has 2 aromatic rings. The standard InChI is InChI=1S/C13H12BrN3O2/c14-11-4-13-12(18-8-19-13)3-9(11)5-16-6-10-1-2-15-7-17-10/h1-4,7,16H,5-6,8H2. The van der Waals surface area contributed by atoms with Gasteiger partial charge in [0, 0.05) is 23.8 Å². The first kappa shape index (κ1) is 12.4. The van der Waals surface area contributed by atoms with Crippen LogP contribution in [-0.4, -0.2) is 16.8 Å². The van der Waals surface area contributed by atoms with Crippen LogP contribution in [0.1, 0.15) is 11.3 Å². The Bertz CT molecular complexity index is 578. The number of rotatable bonds is 4. The van der Waals surface area contributed by atoms with Crippen molar-refractivity contribution in [1.82, 2.24) is 15.3 Å². The van der Waals surface area contributed by atoms with Gasteiger partial charge in [-0.2, -0.15) is 0 Å². The summed E-state index contributed by atoms with van der Waals surface area (Å²) in [6.45, 7) is 1.71. The van der Waals surface area contributed by atoms with E-state index < -0.39 is 0 Å². The number of fused-ring (bicyclic) bond motifs is 1. The SMILES string of the molecule is Brc1cc2c(cc1CNCc1ccncn1)OCO2. The summed E-state index contributed by atoms with van der Waals surface area (Å²) >= 11 is 3.54. The largest absolute Gasteiger partial charge is 0.454 e. The molecule has 19 heavy (non-hydrogen) atoms. The van der Waals surface area contributed by atoms with Gasteiger partial charge in [0.15, 0.2) is 11.5 Å². The molecule has 0 unspecified atom stereocenters. The molecule has 2 heterocycles. The Kier molecular flexibility index (Phi) is 3.61. The number of hydrogen-bond donors (Lipinski definition) is 1. The minimum atomic E-state index is 0.291. The zero-order valence-electron chi connectivity index (χ0n) is 10.1. The molecule has 0 bridgehead atoms. The van der Waals surface area contributed by atoms with Gasteiger partial charge in [-0.1, -0.05) is 15.9 Å². The summed E-state index contributed by atoms with van der Waals surface area (Å²) in [6.07, 6.45) is 3.29. The highest BCUT2D eigenvalue weighted by Gasteiger charge is 2.15. The second kappa shape index (κ2) is 5.54. The van der Waals surface area contributed by atoms with Gasteiger partial charge in [0.05, 0.1) is 5.69 Å². The first-order valence-corrected chi connectivity index (χ1v) is 6.66. The summed E-state index contributed by atoms with van der Waals surface area (Å²) in [5, 5.41) is 3.33. The number of aromatic nitrogens is 2. The molecule has 6 heteroatoms. The molecule has 0 saturated carbocycles. The lowest BCUT2D eigenvalue weighted by molar-refractivity contribution is 0.174. The molecule has 1 aromatic heterocycles. The maximum absolute atomic E-state index is 5.37. The van der Waals surface area contributed by atoms with Crippen LogP contribution in [0.4, 0.5) is 0 Å². The summed E-state index contributed by atoms with van der Waals surface area (Å²) in [5.41, 5.74) is 2.09. The number of halogens is 1. The molecule has 1 aliphatic heterocycles. The molecule has 0 amide bonds. The third kappa shape index (κ3) is 2.85. The van der Waals surface area contributed by atoms with Crippen molar-refractivity contribution < 1.29 is 9.47 Å². The molecule has 0 aliphatic carbocycles. The van der Waals surface area contributed by atoms with Crippen molar-refractivity contribution in [2.75, 3.05) is 6.79 Å². The Morgan fingerprint density at radius 3 is 2.84 bits per heavy atom. The van der Waals surface area contributed by atoms with E-state index in [1.807, 2.05) is 18.2 Å². The molecule has 0 fully saturated rings. The number of benzene rings is 1. The monoisotopic (exact) mass is 321 g/mol. The summed E-state index contributed by atoms with van der Waals surface area (Å²) in [4.78, 5) is 8.05. The Morgan fingerprint density at radius 1 is 1.21 bits per heavy atom. The second-order valence-corrected chi connectivity index (χ2v) is 4.96. The molecule has 1 N–H and O–H groups in total. The smallest absolute Gasteiger partial charge is 0.231 e. The second-order valence-electron chi connectivity index (χ2n) is 4.10. The molecule has 0 atom stereocenters. The lowest BCUT2D eigenvalue weighted by Crippen LogP contribution is -2.14. The Hall–Kier alpha value is -1.66. The van der Waals surface area contributed by atoms with E-state index in [2.05, 4.69) is 31.2 Å². The number of nitrogens with one attached hydrogen (secondary N) is 1. The minimum absolute atomic E-state index is 0.291. The van der Waals surface area contributed by atoms with Gasteiger partial charge in [-0.25, -0.2) is 9.97 Å². The zero-order chi connectivity index (χ0) is 13.1. The van der Waals surface area contributed by atoms with Crippen LogP contribution in [0.5, 0.6) is 11.5 Å². The molecule has 0 radical (unpaired) electrons. The average Bonchev–Trinajstić information content (AvgIpc) is 2.87. The van der Waals surface area contributed by atoms with Crippen LogP contribution < -0.4 is 14.8 Å². The summed E-state index contributed by atoms with van der Waals surface area (Å²) in [6, 6.07) is 5.81. The van der Waals surface area contributed by atoms with Gasteiger partial charge in [-0.05, 0) is 23.8 Å². The fourth-order valence-corrected chi connectivity index (χ4v) is 2.31. The van der Waals surface area contributed by atoms with E-state index in [0.717, 1.165) is 33.8 Å². The van der Waals surface area contributed by atoms with Crippen LogP contribution >= 0.6 is 15.9 Å². The summed E-state index contributed by atoms with van der Waals surface area (Å²) < 4.78 is 11.7. The highest BCUT2D eigenvalue weighted by atomic mass is 79.9. The molecule has 1 aromatic carbocycles. The van der Waals surface area contributed by atoms with Crippen molar-refractivity contribution in [2.45, 2.75) is 13.1 Å². The van der Waals surface area contributed by atoms with E-state index in [0.29, 0.717) is 13.3 Å². The van der Waals surface area contributed by atoms with Gasteiger partial charge < -0.3 is 14.8 Å². The lowest BCUT2D eigenvalue weighted by Gasteiger charge is -2.08. The van der Waals surface area contributed by atoms with E-state index in [4.69, 9.17) is 9.47 Å². The fraction of sp³-hybridized carbons (Fsp3) is 0.231. The predicted octanol–water partition coefficient (Wildman–Crippen LogP) is 2.26. The molecular formula is C13H12BrN3O2. The average molecular weight is 322 g/mol. The zero-order valence-corrected chi connectivity index (χ0v) is 11.7. The van der Waals surface area contributed by atoms with E-state index in [1.165, 1.54) is 0 Å². The highest BCUT2D eigenvalue weighted by molar-refractivity contribution is 9.10. The molecule has 1 aliphatic rings. The van der Waals surface area contributed by atoms with Gasteiger partial charge in [0.1, 0.15) is 6.33 Å². The first-order chi connectivity index (χ1) is 9.33. The molecule has 0 saturated heterocycles. The van der Waals surface area contributed by atoms with Crippen LogP contribution in [0.2, 0.25) is 0 Å². The van der Waals surface area contributed by atoms with Gasteiger partial charge in [0.25, 0.3) is 0 Å². The van der Waals surface area contributed by atoms with Crippen LogP contribution in [0.25, 0.3) is 0 Å². The molecule has 98 valence electrons. The van der Waals surface area contributed by atoms with Gasteiger partial charge >= 0.3 is 0 Å². The van der Waals surface area contributed by atoms with E-state index >= 15 is 0 Å². The van der Waals surface area contributed by atoms with Crippen LogP contribution in [0.3, 0.4) is 0 Å². The maximum Gasteiger partial charge on any atom is 0.231 e. The van der Waals surface area contributed by atoms with Gasteiger partial charge in [-0.15, -0.1) is 0 Å². The van der Waals surface area contributed by atoms with Gasteiger partial charge in [0.2, 0.25) is 6.79 Å². The summed E-state index contributed by atoms with van der Waals surface area (Å²) in [7, 11) is 0. The van der Waals surface area contributed by atoms with E-state index in [-0.39, 0.29) is 0 Å². The van der Waals surface area contributed by atoms with Crippen LogP contribution in [0.15, 0.2) is 35.2 Å². The maximum atomic E-state index is 5.37. The fourth-order valence-electron chi connectivity index (χ4n) is 1.84. The quantitative estimate of drug-likeness (QED) is 0.936. The number of hydrogen-bond acceptors (Lipinski definition) is 5. The Labute approximate surface area is 119 Å². The van der Waals surface area contributed by atoms with E-state index in [9.17, 15) is 0 Å². The number of nitrogens with zero attached hydrogens (tertiary/aromatic N) is 2. The van der Waals surface area contributed by atoms with Crippen molar-refractivity contribution in [2.24, 2.45) is 0 Å². The van der Waals surface area contributed by atoms with Crippen LogP contribution in [-0.2, 0) is 13.1 Å². The number of ether oxygens (including phenoxy) is 2. The van der Waals surface area contributed by atoms with Crippen molar-refractivity contribution in [3.63, 3.8) is 0 Å². The van der Waals surface area contributed by atoms with Crippen molar-refractivity contribution >= 4 is 15.9 Å².